The van der Waals surface area contributed by atoms with Gasteiger partial charge in [0.1, 0.15) is 0 Å². The molecule has 0 bridgehead atoms. The largest absolute Gasteiger partial charge is 0.295 e. The second kappa shape index (κ2) is 6.84. The Morgan fingerprint density at radius 3 is 2.57 bits per heavy atom. The highest BCUT2D eigenvalue weighted by Gasteiger charge is 2.10. The molecule has 4 nitrogen and oxygen atoms in total. The number of hydrogen-bond acceptors (Lipinski definition) is 2. The van der Waals surface area contributed by atoms with Crippen LogP contribution in [0.3, 0.4) is 0 Å². The first-order valence-corrected chi connectivity index (χ1v) is 8.79. The molecule has 0 saturated heterocycles. The van der Waals surface area contributed by atoms with E-state index in [2.05, 4.69) is 48.6 Å². The lowest BCUT2D eigenvalue weighted by atomic mass is 10.2. The molecule has 23 heavy (non-hydrogen) atoms. The van der Waals surface area contributed by atoms with E-state index >= 15 is 0 Å². The summed E-state index contributed by atoms with van der Waals surface area (Å²) in [6.45, 7) is 1.87. The molecular formula is C17H13BrIN3O. The minimum atomic E-state index is -0.112. The first kappa shape index (κ1) is 16.2. The van der Waals surface area contributed by atoms with E-state index in [9.17, 15) is 4.79 Å². The maximum absolute atomic E-state index is 12.6. The number of H-pyrrole nitrogens is 1. The van der Waals surface area contributed by atoms with Crippen molar-refractivity contribution in [3.8, 4) is 5.69 Å². The van der Waals surface area contributed by atoms with Crippen LogP contribution in [0.1, 0.15) is 11.3 Å². The van der Waals surface area contributed by atoms with Gasteiger partial charge in [0, 0.05) is 20.0 Å². The predicted molar refractivity (Wildman–Crippen MR) is 105 cm³/mol. The summed E-state index contributed by atoms with van der Waals surface area (Å²) in [5.74, 6) is 0. The van der Waals surface area contributed by atoms with Gasteiger partial charge in [-0.1, -0.05) is 28.1 Å². The molecule has 0 saturated carbocycles. The Bertz CT molecular complexity index is 926. The summed E-state index contributed by atoms with van der Waals surface area (Å²) in [6.07, 6.45) is 1.63. The van der Waals surface area contributed by atoms with Gasteiger partial charge in [0.05, 0.1) is 16.9 Å². The van der Waals surface area contributed by atoms with Crippen LogP contribution in [0.2, 0.25) is 0 Å². The summed E-state index contributed by atoms with van der Waals surface area (Å²) in [6, 6.07) is 15.4. The first-order valence-electron chi connectivity index (χ1n) is 6.92. The second-order valence-corrected chi connectivity index (χ2v) is 7.05. The number of benzene rings is 2. The van der Waals surface area contributed by atoms with Gasteiger partial charge >= 0.3 is 0 Å². The smallest absolute Gasteiger partial charge is 0.280 e. The van der Waals surface area contributed by atoms with E-state index in [-0.39, 0.29) is 5.56 Å². The van der Waals surface area contributed by atoms with Crippen molar-refractivity contribution in [2.24, 2.45) is 4.99 Å². The molecule has 1 aromatic heterocycles. The minimum Gasteiger partial charge on any atom is -0.295 e. The number of aliphatic imine (C=N–C) groups is 1. The number of aromatic amines is 1. The number of hydrogen-bond donors (Lipinski definition) is 1. The van der Waals surface area contributed by atoms with Crippen LogP contribution < -0.4 is 5.56 Å². The van der Waals surface area contributed by atoms with Gasteiger partial charge in [-0.2, -0.15) is 0 Å². The normalized spacial score (nSPS) is 11.3. The fourth-order valence-corrected chi connectivity index (χ4v) is 2.97. The third kappa shape index (κ3) is 3.48. The molecular weight excluding hydrogens is 469 g/mol. The zero-order valence-corrected chi connectivity index (χ0v) is 16.0. The quantitative estimate of drug-likeness (QED) is 0.431. The zero-order chi connectivity index (χ0) is 16.4. The van der Waals surface area contributed by atoms with Crippen LogP contribution in [0, 0.1) is 10.5 Å². The monoisotopic (exact) mass is 481 g/mol. The summed E-state index contributed by atoms with van der Waals surface area (Å²) in [5, 5.41) is 3.10. The Hall–Kier alpha value is -1.67. The molecule has 0 spiro atoms. The Morgan fingerprint density at radius 1 is 1.17 bits per heavy atom. The van der Waals surface area contributed by atoms with Crippen molar-refractivity contribution < 1.29 is 0 Å². The lowest BCUT2D eigenvalue weighted by Gasteiger charge is -2.00. The molecule has 0 unspecified atom stereocenters. The molecule has 116 valence electrons. The number of para-hydroxylation sites is 1. The van der Waals surface area contributed by atoms with Gasteiger partial charge in [-0.25, -0.2) is 4.68 Å². The first-order chi connectivity index (χ1) is 11.1. The molecule has 3 rings (SSSR count). The van der Waals surface area contributed by atoms with Crippen LogP contribution in [0.5, 0.6) is 0 Å². The van der Waals surface area contributed by atoms with Crippen molar-refractivity contribution in [2.75, 3.05) is 0 Å². The van der Waals surface area contributed by atoms with E-state index in [1.807, 2.05) is 55.5 Å². The highest BCUT2D eigenvalue weighted by Crippen LogP contribution is 2.20. The van der Waals surface area contributed by atoms with Crippen molar-refractivity contribution in [2.45, 2.75) is 6.92 Å². The summed E-state index contributed by atoms with van der Waals surface area (Å²) in [5.41, 5.74) is 2.87. The van der Waals surface area contributed by atoms with Gasteiger partial charge in [-0.05, 0) is 65.9 Å². The summed E-state index contributed by atoms with van der Waals surface area (Å²) < 4.78 is 3.54. The van der Waals surface area contributed by atoms with E-state index in [1.165, 1.54) is 4.68 Å². The van der Waals surface area contributed by atoms with Gasteiger partial charge in [0.2, 0.25) is 0 Å². The van der Waals surface area contributed by atoms with Crippen LogP contribution in [0.15, 0.2) is 62.8 Å². The molecule has 1 N–H and O–H groups in total. The summed E-state index contributed by atoms with van der Waals surface area (Å²) in [4.78, 5) is 17.1. The van der Waals surface area contributed by atoms with Crippen LogP contribution in [-0.2, 0) is 0 Å². The van der Waals surface area contributed by atoms with Crippen molar-refractivity contribution in [1.29, 1.82) is 0 Å². The number of nitrogens with one attached hydrogen (secondary N) is 1. The third-order valence-electron chi connectivity index (χ3n) is 3.39. The highest BCUT2D eigenvalue weighted by atomic mass is 127. The molecule has 0 fully saturated rings. The standard InChI is InChI=1S/C17H13BrIN3O/c1-11-14(10-20-16-5-3-2-4-15(16)19)17(23)22(21-11)13-8-6-12(18)7-9-13/h2-10,21H,1H3. The van der Waals surface area contributed by atoms with Gasteiger partial charge in [-0.15, -0.1) is 0 Å². The lowest BCUT2D eigenvalue weighted by molar-refractivity contribution is 0.835. The Labute approximate surface area is 155 Å². The predicted octanol–water partition coefficient (Wildman–Crippen LogP) is 4.59. The molecule has 6 heteroatoms. The molecule has 0 atom stereocenters. The van der Waals surface area contributed by atoms with E-state index < -0.39 is 0 Å². The third-order valence-corrected chi connectivity index (χ3v) is 4.83. The van der Waals surface area contributed by atoms with E-state index in [0.29, 0.717) is 5.56 Å². The summed E-state index contributed by atoms with van der Waals surface area (Å²) in [7, 11) is 0. The van der Waals surface area contributed by atoms with Gasteiger partial charge in [0.25, 0.3) is 5.56 Å². The van der Waals surface area contributed by atoms with Crippen molar-refractivity contribution >= 4 is 50.4 Å². The van der Waals surface area contributed by atoms with Crippen LogP contribution in [-0.4, -0.2) is 16.0 Å². The molecule has 0 aliphatic rings. The SMILES string of the molecule is Cc1[nH]n(-c2ccc(Br)cc2)c(=O)c1C=Nc1ccccc1I. The Balaban J connectivity index is 2.00. The Morgan fingerprint density at radius 2 is 1.87 bits per heavy atom. The highest BCUT2D eigenvalue weighted by molar-refractivity contribution is 14.1. The second-order valence-electron chi connectivity index (χ2n) is 4.98. The topological polar surface area (TPSA) is 50.1 Å². The molecule has 0 amide bonds. The summed E-state index contributed by atoms with van der Waals surface area (Å²) >= 11 is 5.62. The lowest BCUT2D eigenvalue weighted by Crippen LogP contribution is -2.17. The van der Waals surface area contributed by atoms with Crippen LogP contribution >= 0.6 is 38.5 Å². The fraction of sp³-hybridized carbons (Fsp3) is 0.0588. The van der Waals surface area contributed by atoms with Crippen LogP contribution in [0.4, 0.5) is 5.69 Å². The number of halogens is 2. The molecule has 3 aromatic rings. The van der Waals surface area contributed by atoms with E-state index in [1.54, 1.807) is 6.21 Å². The fourth-order valence-electron chi connectivity index (χ4n) is 2.17. The maximum Gasteiger partial charge on any atom is 0.280 e. The van der Waals surface area contributed by atoms with Gasteiger partial charge in [0.15, 0.2) is 0 Å². The van der Waals surface area contributed by atoms with E-state index in [4.69, 9.17) is 0 Å². The number of aromatic nitrogens is 2. The molecule has 2 aromatic carbocycles. The van der Waals surface area contributed by atoms with Gasteiger partial charge < -0.3 is 0 Å². The molecule has 0 aliphatic heterocycles. The van der Waals surface area contributed by atoms with E-state index in [0.717, 1.165) is 25.1 Å². The molecule has 0 aliphatic carbocycles. The average molecular weight is 482 g/mol. The van der Waals surface area contributed by atoms with Gasteiger partial charge in [-0.3, -0.25) is 14.9 Å². The molecule has 0 radical (unpaired) electrons. The van der Waals surface area contributed by atoms with Crippen molar-refractivity contribution in [1.82, 2.24) is 9.78 Å². The number of nitrogens with zero attached hydrogens (tertiary/aromatic N) is 2. The molecule has 1 heterocycles. The minimum absolute atomic E-state index is 0.112. The van der Waals surface area contributed by atoms with Crippen LogP contribution in [0.25, 0.3) is 5.69 Å². The zero-order valence-electron chi connectivity index (χ0n) is 12.3. The van der Waals surface area contributed by atoms with Crippen molar-refractivity contribution in [3.63, 3.8) is 0 Å². The Kier molecular flexibility index (Phi) is 4.82. The van der Waals surface area contributed by atoms with Crippen molar-refractivity contribution in [3.05, 3.63) is 78.2 Å². The average Bonchev–Trinajstić information content (AvgIpc) is 2.82. The number of rotatable bonds is 3. The number of aryl methyl sites for hydroxylation is 1. The maximum atomic E-state index is 12.6.